The Hall–Kier alpha value is -2.58. The van der Waals surface area contributed by atoms with Gasteiger partial charge < -0.3 is 15.3 Å². The summed E-state index contributed by atoms with van der Waals surface area (Å²) < 4.78 is 0.769. The van der Waals surface area contributed by atoms with Gasteiger partial charge in [-0.2, -0.15) is 0 Å². The van der Waals surface area contributed by atoms with E-state index in [0.29, 0.717) is 24.7 Å². The Kier molecular flexibility index (Phi) is 4.06. The Morgan fingerprint density at radius 2 is 2.24 bits per heavy atom. The van der Waals surface area contributed by atoms with E-state index < -0.39 is 6.10 Å². The molecular weight excluding hydrogens is 338 g/mol. The highest BCUT2D eigenvalue weighted by Gasteiger charge is 2.32. The molecule has 0 aliphatic carbocycles. The molecule has 1 fully saturated rings. The average Bonchev–Trinajstić information content (AvgIpc) is 3.07. The van der Waals surface area contributed by atoms with Crippen LogP contribution in [0.15, 0.2) is 36.0 Å². The van der Waals surface area contributed by atoms with Gasteiger partial charge in [0.25, 0.3) is 5.91 Å². The largest absolute Gasteiger partial charge is 0.389 e. The molecule has 0 radical (unpaired) electrons. The number of hydrogen-bond acceptors (Lipinski definition) is 7. The third-order valence-corrected chi connectivity index (χ3v) is 5.10. The lowest BCUT2D eigenvalue weighted by Gasteiger charge is -2.35. The van der Waals surface area contributed by atoms with Crippen LogP contribution in [0.5, 0.6) is 0 Å². The monoisotopic (exact) mass is 355 g/mol. The van der Waals surface area contributed by atoms with Gasteiger partial charge in [-0.3, -0.25) is 9.78 Å². The Balaban J connectivity index is 1.65. The highest BCUT2D eigenvalue weighted by atomic mass is 32.1. The van der Waals surface area contributed by atoms with E-state index in [1.165, 1.54) is 11.3 Å². The second-order valence-electron chi connectivity index (χ2n) is 6.05. The van der Waals surface area contributed by atoms with E-state index in [1.807, 2.05) is 30.5 Å². The first-order valence-electron chi connectivity index (χ1n) is 8.01. The molecule has 128 valence electrons. The molecule has 0 spiro atoms. The molecule has 0 bridgehead atoms. The number of aliphatic hydroxyl groups is 1. The summed E-state index contributed by atoms with van der Waals surface area (Å²) in [6.07, 6.45) is 3.07. The van der Waals surface area contributed by atoms with Crippen LogP contribution in [0.2, 0.25) is 0 Å². The number of anilines is 1. The molecule has 1 unspecified atom stereocenters. The average molecular weight is 355 g/mol. The number of nitrogens with one attached hydrogen (secondary N) is 1. The van der Waals surface area contributed by atoms with Crippen molar-refractivity contribution in [1.82, 2.24) is 19.9 Å². The highest BCUT2D eigenvalue weighted by molar-refractivity contribution is 7.17. The van der Waals surface area contributed by atoms with Gasteiger partial charge in [-0.1, -0.05) is 6.07 Å². The lowest BCUT2D eigenvalue weighted by atomic mass is 10.1. The number of amides is 1. The summed E-state index contributed by atoms with van der Waals surface area (Å²) >= 11 is 1.45. The Morgan fingerprint density at radius 3 is 2.96 bits per heavy atom. The summed E-state index contributed by atoms with van der Waals surface area (Å²) in [6, 6.07) is 5.68. The minimum Gasteiger partial charge on any atom is -0.389 e. The highest BCUT2D eigenvalue weighted by Crippen LogP contribution is 2.27. The number of pyridine rings is 1. The van der Waals surface area contributed by atoms with Crippen LogP contribution in [0.1, 0.15) is 29.0 Å². The molecule has 1 aliphatic rings. The van der Waals surface area contributed by atoms with Crippen LogP contribution in [0, 0.1) is 0 Å². The Bertz CT molecular complexity index is 908. The van der Waals surface area contributed by atoms with Gasteiger partial charge in [0.2, 0.25) is 5.95 Å². The SMILES string of the molecule is CC(Nc1nc(C(=O)N2CC(O)C2)c2sccc2n1)c1cccnc1. The van der Waals surface area contributed by atoms with Gasteiger partial charge in [0.15, 0.2) is 5.69 Å². The van der Waals surface area contributed by atoms with Crippen molar-refractivity contribution >= 4 is 33.4 Å². The summed E-state index contributed by atoms with van der Waals surface area (Å²) in [5.41, 5.74) is 2.13. The van der Waals surface area contributed by atoms with E-state index in [1.54, 1.807) is 17.3 Å². The van der Waals surface area contributed by atoms with E-state index in [9.17, 15) is 9.90 Å². The third kappa shape index (κ3) is 3.06. The number of carbonyl (C=O) groups is 1. The number of nitrogens with zero attached hydrogens (tertiary/aromatic N) is 4. The van der Waals surface area contributed by atoms with Crippen molar-refractivity contribution in [1.29, 1.82) is 0 Å². The predicted octanol–water partition coefficient (Wildman–Crippen LogP) is 2.08. The molecule has 25 heavy (non-hydrogen) atoms. The summed E-state index contributed by atoms with van der Waals surface area (Å²) in [4.78, 5) is 27.4. The molecule has 0 aromatic carbocycles. The zero-order chi connectivity index (χ0) is 17.4. The van der Waals surface area contributed by atoms with Crippen molar-refractivity contribution in [3.05, 3.63) is 47.2 Å². The van der Waals surface area contributed by atoms with Crippen molar-refractivity contribution in [2.24, 2.45) is 0 Å². The molecule has 1 aliphatic heterocycles. The van der Waals surface area contributed by atoms with Crippen LogP contribution < -0.4 is 5.32 Å². The molecule has 7 nitrogen and oxygen atoms in total. The van der Waals surface area contributed by atoms with E-state index in [0.717, 1.165) is 15.8 Å². The van der Waals surface area contributed by atoms with Crippen LogP contribution in [-0.2, 0) is 0 Å². The first-order chi connectivity index (χ1) is 12.1. The zero-order valence-electron chi connectivity index (χ0n) is 13.6. The molecule has 2 N–H and O–H groups in total. The minimum absolute atomic E-state index is 0.0430. The number of fused-ring (bicyclic) bond motifs is 1. The number of thiophene rings is 1. The van der Waals surface area contributed by atoms with Gasteiger partial charge in [0.05, 0.1) is 22.4 Å². The minimum atomic E-state index is -0.437. The molecule has 0 saturated carbocycles. The first-order valence-corrected chi connectivity index (χ1v) is 8.89. The fraction of sp³-hybridized carbons (Fsp3) is 0.294. The van der Waals surface area contributed by atoms with E-state index in [2.05, 4.69) is 20.3 Å². The molecule has 3 aromatic rings. The fourth-order valence-corrected chi connectivity index (χ4v) is 3.57. The molecule has 8 heteroatoms. The third-order valence-electron chi connectivity index (χ3n) is 4.19. The number of aliphatic hydroxyl groups excluding tert-OH is 1. The van der Waals surface area contributed by atoms with Crippen molar-refractivity contribution in [3.8, 4) is 0 Å². The van der Waals surface area contributed by atoms with Crippen molar-refractivity contribution in [2.75, 3.05) is 18.4 Å². The Morgan fingerprint density at radius 1 is 1.40 bits per heavy atom. The number of hydrogen-bond donors (Lipinski definition) is 2. The van der Waals surface area contributed by atoms with Crippen molar-refractivity contribution in [3.63, 3.8) is 0 Å². The van der Waals surface area contributed by atoms with Gasteiger partial charge >= 0.3 is 0 Å². The smallest absolute Gasteiger partial charge is 0.274 e. The number of carbonyl (C=O) groups excluding carboxylic acids is 1. The first kappa shape index (κ1) is 15.9. The van der Waals surface area contributed by atoms with E-state index in [-0.39, 0.29) is 11.9 Å². The summed E-state index contributed by atoms with van der Waals surface area (Å²) in [5.74, 6) is 0.240. The Labute approximate surface area is 148 Å². The quantitative estimate of drug-likeness (QED) is 0.744. The molecule has 4 rings (SSSR count). The molecule has 1 amide bonds. The molecule has 3 aromatic heterocycles. The maximum absolute atomic E-state index is 12.7. The maximum atomic E-state index is 12.7. The molecular formula is C17H17N5O2S. The van der Waals surface area contributed by atoms with Crippen LogP contribution in [0.4, 0.5) is 5.95 Å². The van der Waals surface area contributed by atoms with Crippen LogP contribution in [0.25, 0.3) is 10.2 Å². The summed E-state index contributed by atoms with van der Waals surface area (Å²) in [6.45, 7) is 2.70. The van der Waals surface area contributed by atoms with Gasteiger partial charge in [0, 0.05) is 25.5 Å². The maximum Gasteiger partial charge on any atom is 0.274 e. The molecule has 1 atom stereocenters. The van der Waals surface area contributed by atoms with Crippen molar-refractivity contribution in [2.45, 2.75) is 19.1 Å². The summed E-state index contributed by atoms with van der Waals surface area (Å²) in [5, 5.41) is 14.6. The number of likely N-dealkylation sites (tertiary alicyclic amines) is 1. The summed E-state index contributed by atoms with van der Waals surface area (Å²) in [7, 11) is 0. The second-order valence-corrected chi connectivity index (χ2v) is 6.96. The second kappa shape index (κ2) is 6.38. The van der Waals surface area contributed by atoms with E-state index in [4.69, 9.17) is 0 Å². The van der Waals surface area contributed by atoms with Crippen LogP contribution in [0.3, 0.4) is 0 Å². The van der Waals surface area contributed by atoms with Gasteiger partial charge in [-0.15, -0.1) is 11.3 Å². The van der Waals surface area contributed by atoms with Gasteiger partial charge in [-0.05, 0) is 30.0 Å². The van der Waals surface area contributed by atoms with Crippen molar-refractivity contribution < 1.29 is 9.90 Å². The predicted molar refractivity (Wildman–Crippen MR) is 95.6 cm³/mol. The van der Waals surface area contributed by atoms with Crippen LogP contribution >= 0.6 is 11.3 Å². The van der Waals surface area contributed by atoms with Gasteiger partial charge in [0.1, 0.15) is 0 Å². The number of β-amino-alcohol motifs (C(OH)–C–C–N with tert-alkyl or cyclic N) is 1. The topological polar surface area (TPSA) is 91.2 Å². The molecule has 1 saturated heterocycles. The standard InChI is InChI=1S/C17H17N5O2S/c1-10(11-3-2-5-18-7-11)19-17-20-13-4-6-25-15(13)14(21-17)16(24)22-8-12(23)9-22/h2-7,10,12,23H,8-9H2,1H3,(H,19,20,21). The zero-order valence-corrected chi connectivity index (χ0v) is 14.4. The lowest BCUT2D eigenvalue weighted by molar-refractivity contribution is 0.00567. The number of rotatable bonds is 4. The molecule has 4 heterocycles. The number of aromatic nitrogens is 3. The van der Waals surface area contributed by atoms with Crippen LogP contribution in [-0.4, -0.2) is 50.1 Å². The van der Waals surface area contributed by atoms with Gasteiger partial charge in [-0.25, -0.2) is 9.97 Å². The normalized spacial score (nSPS) is 15.8. The lowest BCUT2D eigenvalue weighted by Crippen LogP contribution is -2.53. The fourth-order valence-electron chi connectivity index (χ4n) is 2.75. The van der Waals surface area contributed by atoms with E-state index >= 15 is 0 Å².